The van der Waals surface area contributed by atoms with E-state index in [0.717, 1.165) is 16.3 Å². The summed E-state index contributed by atoms with van der Waals surface area (Å²) in [6, 6.07) is 7.67. The van der Waals surface area contributed by atoms with Gasteiger partial charge < -0.3 is 5.32 Å². The third-order valence-corrected chi connectivity index (χ3v) is 3.17. The lowest BCUT2D eigenvalue weighted by Crippen LogP contribution is -2.12. The number of benzene rings is 1. The van der Waals surface area contributed by atoms with Crippen LogP contribution in [-0.2, 0) is 4.79 Å². The van der Waals surface area contributed by atoms with Crippen LogP contribution in [-0.4, -0.2) is 16.1 Å². The number of nitrogens with one attached hydrogen (secondary N) is 1. The van der Waals surface area contributed by atoms with Crippen molar-refractivity contribution in [1.29, 1.82) is 0 Å². The van der Waals surface area contributed by atoms with E-state index in [9.17, 15) is 4.79 Å². The molecule has 1 aromatic carbocycles. The van der Waals surface area contributed by atoms with Gasteiger partial charge in [-0.15, -0.1) is 21.5 Å². The quantitative estimate of drug-likeness (QED) is 0.789. The lowest BCUT2D eigenvalue weighted by atomic mass is 10.0. The normalized spacial score (nSPS) is 18.7. The number of para-hydroxylation sites is 1. The first-order valence-electron chi connectivity index (χ1n) is 4.52. The molecule has 1 aromatic heterocycles. The fraction of sp³-hybridized carbons (Fsp3) is 0.100. The summed E-state index contributed by atoms with van der Waals surface area (Å²) in [5, 5.41) is 11.3. The van der Waals surface area contributed by atoms with E-state index in [-0.39, 0.29) is 11.8 Å². The third-order valence-electron chi connectivity index (χ3n) is 2.42. The molecule has 4 nitrogen and oxygen atoms in total. The second-order valence-electron chi connectivity index (χ2n) is 3.29. The number of rotatable bonds is 1. The number of anilines is 1. The highest BCUT2D eigenvalue weighted by molar-refractivity contribution is 7.09. The van der Waals surface area contributed by atoms with E-state index in [1.54, 1.807) is 5.51 Å². The summed E-state index contributed by atoms with van der Waals surface area (Å²) >= 11 is 1.40. The minimum Gasteiger partial charge on any atom is -0.325 e. The van der Waals surface area contributed by atoms with Crippen LogP contribution in [0.2, 0.25) is 0 Å². The van der Waals surface area contributed by atoms with Gasteiger partial charge in [-0.2, -0.15) is 0 Å². The van der Waals surface area contributed by atoms with Crippen molar-refractivity contribution in [3.05, 3.63) is 40.3 Å². The molecule has 1 amide bonds. The van der Waals surface area contributed by atoms with Crippen molar-refractivity contribution in [1.82, 2.24) is 10.2 Å². The molecule has 1 atom stereocenters. The van der Waals surface area contributed by atoms with Crippen LogP contribution < -0.4 is 5.32 Å². The van der Waals surface area contributed by atoms with Crippen molar-refractivity contribution in [2.45, 2.75) is 5.92 Å². The van der Waals surface area contributed by atoms with Crippen LogP contribution in [0, 0.1) is 0 Å². The minimum absolute atomic E-state index is 0.0204. The minimum atomic E-state index is -0.284. The Morgan fingerprint density at radius 3 is 3.00 bits per heavy atom. The van der Waals surface area contributed by atoms with Crippen molar-refractivity contribution in [2.75, 3.05) is 5.32 Å². The molecule has 1 aliphatic rings. The highest BCUT2D eigenvalue weighted by Gasteiger charge is 2.33. The highest BCUT2D eigenvalue weighted by atomic mass is 32.1. The van der Waals surface area contributed by atoms with Crippen molar-refractivity contribution in [2.24, 2.45) is 0 Å². The Kier molecular flexibility index (Phi) is 1.78. The van der Waals surface area contributed by atoms with Gasteiger partial charge in [0.25, 0.3) is 0 Å². The molecule has 0 radical (unpaired) electrons. The maximum Gasteiger partial charge on any atom is 0.239 e. The predicted molar refractivity (Wildman–Crippen MR) is 56.8 cm³/mol. The zero-order valence-corrected chi connectivity index (χ0v) is 8.49. The Balaban J connectivity index is 2.14. The molecule has 0 aliphatic carbocycles. The Labute approximate surface area is 90.0 Å². The van der Waals surface area contributed by atoms with Crippen molar-refractivity contribution >= 4 is 22.9 Å². The average Bonchev–Trinajstić information content (AvgIpc) is 2.82. The van der Waals surface area contributed by atoms with Crippen LogP contribution in [0.25, 0.3) is 0 Å². The lowest BCUT2D eigenvalue weighted by Gasteiger charge is -2.02. The van der Waals surface area contributed by atoms with Gasteiger partial charge in [0, 0.05) is 5.69 Å². The maximum absolute atomic E-state index is 11.8. The van der Waals surface area contributed by atoms with Crippen LogP contribution in [0.3, 0.4) is 0 Å². The van der Waals surface area contributed by atoms with Crippen LogP contribution in [0.1, 0.15) is 16.5 Å². The number of nitrogens with zero attached hydrogens (tertiary/aromatic N) is 2. The largest absolute Gasteiger partial charge is 0.325 e. The number of carbonyl (C=O) groups excluding carboxylic acids is 1. The smallest absolute Gasteiger partial charge is 0.239 e. The van der Waals surface area contributed by atoms with Gasteiger partial charge in [0.2, 0.25) is 5.91 Å². The molecule has 74 valence electrons. The van der Waals surface area contributed by atoms with Gasteiger partial charge in [-0.05, 0) is 11.6 Å². The topological polar surface area (TPSA) is 54.9 Å². The van der Waals surface area contributed by atoms with E-state index in [2.05, 4.69) is 15.5 Å². The number of amides is 1. The molecule has 0 saturated carbocycles. The van der Waals surface area contributed by atoms with Crippen LogP contribution in [0.4, 0.5) is 5.69 Å². The molecular formula is C10H7N3OS. The molecule has 0 saturated heterocycles. The summed E-state index contributed by atoms with van der Waals surface area (Å²) in [5.41, 5.74) is 3.51. The van der Waals surface area contributed by atoms with E-state index < -0.39 is 0 Å². The van der Waals surface area contributed by atoms with Gasteiger partial charge in [0.05, 0.1) is 0 Å². The molecule has 1 aliphatic heterocycles. The van der Waals surface area contributed by atoms with E-state index in [4.69, 9.17) is 0 Å². The molecule has 2 aromatic rings. The van der Waals surface area contributed by atoms with Crippen LogP contribution in [0.5, 0.6) is 0 Å². The summed E-state index contributed by atoms with van der Waals surface area (Å²) in [5.74, 6) is -0.304. The Morgan fingerprint density at radius 2 is 2.20 bits per heavy atom. The third kappa shape index (κ3) is 1.24. The number of fused-ring (bicyclic) bond motifs is 1. The summed E-state index contributed by atoms with van der Waals surface area (Å²) in [6.45, 7) is 0. The van der Waals surface area contributed by atoms with Gasteiger partial charge >= 0.3 is 0 Å². The van der Waals surface area contributed by atoms with Crippen molar-refractivity contribution in [3.63, 3.8) is 0 Å². The first kappa shape index (κ1) is 8.55. The molecule has 0 spiro atoms. The zero-order chi connectivity index (χ0) is 10.3. The molecule has 1 unspecified atom stereocenters. The number of hydrogen-bond acceptors (Lipinski definition) is 4. The molecule has 15 heavy (non-hydrogen) atoms. The standard InChI is InChI=1S/C10H7N3OS/c14-9-8(10-13-11-5-15-10)6-3-1-2-4-7(6)12-9/h1-5,8H,(H,12,14). The fourth-order valence-electron chi connectivity index (χ4n) is 1.76. The van der Waals surface area contributed by atoms with Gasteiger partial charge in [-0.3, -0.25) is 4.79 Å². The van der Waals surface area contributed by atoms with E-state index in [1.807, 2.05) is 24.3 Å². The summed E-state index contributed by atoms with van der Waals surface area (Å²) in [6.07, 6.45) is 0. The van der Waals surface area contributed by atoms with Crippen molar-refractivity contribution in [3.8, 4) is 0 Å². The van der Waals surface area contributed by atoms with Gasteiger partial charge in [0.1, 0.15) is 16.4 Å². The second-order valence-corrected chi connectivity index (χ2v) is 4.15. The maximum atomic E-state index is 11.8. The molecule has 1 N–H and O–H groups in total. The predicted octanol–water partition coefficient (Wildman–Crippen LogP) is 1.62. The zero-order valence-electron chi connectivity index (χ0n) is 7.68. The lowest BCUT2D eigenvalue weighted by molar-refractivity contribution is -0.116. The molecule has 3 rings (SSSR count). The molecule has 5 heteroatoms. The molecule has 0 bridgehead atoms. The number of carbonyl (C=O) groups is 1. The highest BCUT2D eigenvalue weighted by Crippen LogP contribution is 2.36. The van der Waals surface area contributed by atoms with Crippen molar-refractivity contribution < 1.29 is 4.79 Å². The Hall–Kier alpha value is -1.75. The fourth-order valence-corrected chi connectivity index (χ4v) is 2.43. The molecule has 0 fully saturated rings. The summed E-state index contributed by atoms with van der Waals surface area (Å²) in [4.78, 5) is 11.8. The van der Waals surface area contributed by atoms with Crippen LogP contribution >= 0.6 is 11.3 Å². The average molecular weight is 217 g/mol. The van der Waals surface area contributed by atoms with E-state index in [0.29, 0.717) is 0 Å². The van der Waals surface area contributed by atoms with E-state index in [1.165, 1.54) is 11.3 Å². The van der Waals surface area contributed by atoms with Gasteiger partial charge in [-0.25, -0.2) is 0 Å². The first-order chi connectivity index (χ1) is 7.36. The molecular weight excluding hydrogens is 210 g/mol. The Bertz CT molecular complexity index is 509. The molecule has 2 heterocycles. The number of hydrogen-bond donors (Lipinski definition) is 1. The number of aromatic nitrogens is 2. The SMILES string of the molecule is O=C1Nc2ccccc2C1c1nncs1. The second kappa shape index (κ2) is 3.13. The Morgan fingerprint density at radius 1 is 1.33 bits per heavy atom. The van der Waals surface area contributed by atoms with E-state index >= 15 is 0 Å². The summed E-state index contributed by atoms with van der Waals surface area (Å²) in [7, 11) is 0. The monoisotopic (exact) mass is 217 g/mol. The summed E-state index contributed by atoms with van der Waals surface area (Å²) < 4.78 is 0. The van der Waals surface area contributed by atoms with Gasteiger partial charge in [0.15, 0.2) is 0 Å². The van der Waals surface area contributed by atoms with Crippen LogP contribution in [0.15, 0.2) is 29.8 Å². The first-order valence-corrected chi connectivity index (χ1v) is 5.40. The van der Waals surface area contributed by atoms with Gasteiger partial charge in [-0.1, -0.05) is 18.2 Å².